The minimum atomic E-state index is -0.590. The SMILES string of the molecule is CC(=O)ON=C1Cc2cc(Sc3ccc(C(=O)c4cccc(CCC(=O)ON=C5Cc6cc(Sc7ccc(C(=O)CCC8CCCC8)cc7)ccc6C5=O)c4)cc3)ccc2C1=O. The van der Waals surface area contributed by atoms with Gasteiger partial charge >= 0.3 is 11.9 Å². The number of rotatable bonds is 15. The van der Waals surface area contributed by atoms with Crippen LogP contribution < -0.4 is 0 Å². The summed E-state index contributed by atoms with van der Waals surface area (Å²) in [6.45, 7) is 1.22. The smallest absolute Gasteiger partial charge is 0.318 e. The Morgan fingerprint density at radius 2 is 1.16 bits per heavy atom. The first-order valence-electron chi connectivity index (χ1n) is 20.7. The van der Waals surface area contributed by atoms with E-state index in [1.165, 1.54) is 44.4 Å². The maximum Gasteiger partial charge on any atom is 0.335 e. The minimum absolute atomic E-state index is 0.00430. The molecule has 0 atom stereocenters. The fourth-order valence-corrected chi connectivity index (χ4v) is 9.73. The molecule has 5 aromatic rings. The molecule has 0 bridgehead atoms. The van der Waals surface area contributed by atoms with E-state index in [9.17, 15) is 28.8 Å². The topological polar surface area (TPSA) is 146 Å². The molecule has 8 rings (SSSR count). The summed E-state index contributed by atoms with van der Waals surface area (Å²) in [4.78, 5) is 89.3. The number of carbonyl (C=O) groups excluding carboxylic acids is 6. The Balaban J connectivity index is 0.803. The Morgan fingerprint density at radius 1 is 0.613 bits per heavy atom. The molecule has 0 spiro atoms. The fourth-order valence-electron chi connectivity index (χ4n) is 7.97. The number of Topliss-reactive ketones (excluding diaryl/α,β-unsaturated/α-hetero) is 3. The third kappa shape index (κ3) is 10.3. The molecular weight excluding hydrogens is 821 g/mol. The zero-order valence-corrected chi connectivity index (χ0v) is 35.7. The predicted octanol–water partition coefficient (Wildman–Crippen LogP) is 10.3. The molecule has 1 fully saturated rings. The van der Waals surface area contributed by atoms with E-state index in [1.807, 2.05) is 66.7 Å². The van der Waals surface area contributed by atoms with E-state index in [0.717, 1.165) is 48.3 Å². The first kappa shape index (κ1) is 42.5. The van der Waals surface area contributed by atoms with Gasteiger partial charge in [-0.15, -0.1) is 0 Å². The summed E-state index contributed by atoms with van der Waals surface area (Å²) in [5.74, 6) is -0.995. The summed E-state index contributed by atoms with van der Waals surface area (Å²) in [7, 11) is 0. The summed E-state index contributed by atoms with van der Waals surface area (Å²) in [5.41, 5.74) is 5.53. The van der Waals surface area contributed by atoms with Crippen molar-refractivity contribution in [3.05, 3.63) is 154 Å². The van der Waals surface area contributed by atoms with Crippen molar-refractivity contribution in [3.63, 3.8) is 0 Å². The minimum Gasteiger partial charge on any atom is -0.318 e. The number of aryl methyl sites for hydroxylation is 1. The molecule has 3 aliphatic carbocycles. The molecule has 0 amide bonds. The van der Waals surface area contributed by atoms with Crippen LogP contribution in [0.2, 0.25) is 0 Å². The van der Waals surface area contributed by atoms with Gasteiger partial charge in [-0.2, -0.15) is 0 Å². The quantitative estimate of drug-likeness (QED) is 0.0566. The molecule has 12 heteroatoms. The third-order valence-corrected chi connectivity index (χ3v) is 13.2. The van der Waals surface area contributed by atoms with E-state index < -0.39 is 11.9 Å². The van der Waals surface area contributed by atoms with Gasteiger partial charge < -0.3 is 9.68 Å². The molecule has 0 unspecified atom stereocenters. The van der Waals surface area contributed by atoms with E-state index in [1.54, 1.807) is 54.2 Å². The number of ketones is 4. The van der Waals surface area contributed by atoms with Crippen LogP contribution in [0.3, 0.4) is 0 Å². The molecule has 10 nitrogen and oxygen atoms in total. The van der Waals surface area contributed by atoms with Crippen molar-refractivity contribution >= 4 is 70.0 Å². The highest BCUT2D eigenvalue weighted by Crippen LogP contribution is 2.34. The molecule has 1 saturated carbocycles. The fraction of sp³-hybridized carbons (Fsp3) is 0.240. The second kappa shape index (κ2) is 19.2. The van der Waals surface area contributed by atoms with E-state index in [-0.39, 0.29) is 53.8 Å². The molecule has 0 radical (unpaired) electrons. The van der Waals surface area contributed by atoms with Crippen LogP contribution in [0.5, 0.6) is 0 Å². The summed E-state index contributed by atoms with van der Waals surface area (Å²) in [5, 5.41) is 7.65. The molecule has 0 aliphatic heterocycles. The van der Waals surface area contributed by atoms with Crippen molar-refractivity contribution in [3.8, 4) is 0 Å². The first-order valence-corrected chi connectivity index (χ1v) is 22.3. The van der Waals surface area contributed by atoms with Gasteiger partial charge in [0.25, 0.3) is 0 Å². The second-order valence-electron chi connectivity index (χ2n) is 15.7. The van der Waals surface area contributed by atoms with Gasteiger partial charge in [-0.05, 0) is 114 Å². The molecule has 5 aromatic carbocycles. The Bertz CT molecular complexity index is 2660. The van der Waals surface area contributed by atoms with Crippen LogP contribution in [0, 0.1) is 5.92 Å². The van der Waals surface area contributed by atoms with Gasteiger partial charge in [0.1, 0.15) is 11.4 Å². The van der Waals surface area contributed by atoms with Crippen LogP contribution in [0.25, 0.3) is 0 Å². The predicted molar refractivity (Wildman–Crippen MR) is 237 cm³/mol. The lowest BCUT2D eigenvalue weighted by atomic mass is 9.97. The van der Waals surface area contributed by atoms with Crippen molar-refractivity contribution in [2.75, 3.05) is 0 Å². The maximum atomic E-state index is 13.4. The zero-order valence-electron chi connectivity index (χ0n) is 34.0. The average molecular weight is 863 g/mol. The summed E-state index contributed by atoms with van der Waals surface area (Å²) >= 11 is 3.04. The number of fused-ring (bicyclic) bond motifs is 2. The summed E-state index contributed by atoms with van der Waals surface area (Å²) in [6.07, 6.45) is 7.45. The Kier molecular flexibility index (Phi) is 13.2. The number of nitrogens with zero attached hydrogens (tertiary/aromatic N) is 2. The standard InChI is InChI=1S/C50H42N2O8S2/c1-30(53)59-51-44-28-36-26-41(19-21-42(36)49(44)57)62-39-17-13-34(14-18-39)48(56)35-8-4-7-32(25-35)10-24-47(55)60-52-45-29-37-27-40(20-22-43(37)50(45)58)61-38-15-11-33(12-16-38)46(54)23-9-31-5-2-3-6-31/h4,7-8,11-22,25-27,31H,2-3,5-6,9-10,23-24,28-29H2,1H3. The van der Waals surface area contributed by atoms with Crippen LogP contribution in [0.15, 0.2) is 139 Å². The zero-order chi connectivity index (χ0) is 43.2. The van der Waals surface area contributed by atoms with Crippen molar-refractivity contribution < 1.29 is 38.4 Å². The van der Waals surface area contributed by atoms with Gasteiger partial charge in [0.2, 0.25) is 11.6 Å². The van der Waals surface area contributed by atoms with Crippen LogP contribution in [0.1, 0.15) is 116 Å². The van der Waals surface area contributed by atoms with Gasteiger partial charge in [0.05, 0.1) is 6.42 Å². The highest BCUT2D eigenvalue weighted by atomic mass is 32.2. The largest absolute Gasteiger partial charge is 0.335 e. The van der Waals surface area contributed by atoms with E-state index in [0.29, 0.717) is 41.0 Å². The van der Waals surface area contributed by atoms with Crippen molar-refractivity contribution in [2.24, 2.45) is 16.2 Å². The number of benzene rings is 5. The van der Waals surface area contributed by atoms with Crippen molar-refractivity contribution in [2.45, 2.75) is 90.7 Å². The highest BCUT2D eigenvalue weighted by molar-refractivity contribution is 7.99. The lowest BCUT2D eigenvalue weighted by Gasteiger charge is -2.08. The highest BCUT2D eigenvalue weighted by Gasteiger charge is 2.29. The van der Waals surface area contributed by atoms with Crippen LogP contribution >= 0.6 is 23.5 Å². The molecule has 0 aromatic heterocycles. The lowest BCUT2D eigenvalue weighted by molar-refractivity contribution is -0.143. The van der Waals surface area contributed by atoms with Gasteiger partial charge in [-0.25, -0.2) is 9.59 Å². The van der Waals surface area contributed by atoms with Crippen LogP contribution in [-0.4, -0.2) is 46.5 Å². The van der Waals surface area contributed by atoms with E-state index in [2.05, 4.69) is 15.1 Å². The van der Waals surface area contributed by atoms with Gasteiger partial charge in [-0.1, -0.05) is 89.9 Å². The average Bonchev–Trinajstić information content (AvgIpc) is 4.01. The number of oxime groups is 2. The Hall–Kier alpha value is -6.24. The molecule has 0 heterocycles. The van der Waals surface area contributed by atoms with Gasteiger partial charge in [0.15, 0.2) is 11.6 Å². The van der Waals surface area contributed by atoms with Gasteiger partial charge in [-0.3, -0.25) is 19.2 Å². The number of hydrogen-bond acceptors (Lipinski definition) is 12. The van der Waals surface area contributed by atoms with E-state index in [4.69, 9.17) is 4.84 Å². The normalized spacial score (nSPS) is 15.8. The third-order valence-electron chi connectivity index (χ3n) is 11.3. The molecule has 3 aliphatic rings. The molecule has 312 valence electrons. The van der Waals surface area contributed by atoms with Crippen molar-refractivity contribution in [1.82, 2.24) is 0 Å². The Morgan fingerprint density at radius 3 is 1.74 bits per heavy atom. The molecule has 0 N–H and O–H groups in total. The molecular formula is C50H42N2O8S2. The summed E-state index contributed by atoms with van der Waals surface area (Å²) < 4.78 is 0. The van der Waals surface area contributed by atoms with Gasteiger partial charge in [0, 0.05) is 73.6 Å². The maximum absolute atomic E-state index is 13.4. The summed E-state index contributed by atoms with van der Waals surface area (Å²) in [6, 6.07) is 33.1. The second-order valence-corrected chi connectivity index (χ2v) is 18.0. The van der Waals surface area contributed by atoms with Crippen LogP contribution in [0.4, 0.5) is 0 Å². The number of carbonyl (C=O) groups is 6. The monoisotopic (exact) mass is 862 g/mol. The number of hydrogen-bond donors (Lipinski definition) is 0. The Labute approximate surface area is 367 Å². The van der Waals surface area contributed by atoms with Crippen molar-refractivity contribution in [1.29, 1.82) is 0 Å². The molecule has 0 saturated heterocycles. The molecule has 62 heavy (non-hydrogen) atoms. The van der Waals surface area contributed by atoms with Crippen LogP contribution in [-0.2, 0) is 38.5 Å². The first-order chi connectivity index (χ1) is 30.1. The van der Waals surface area contributed by atoms with E-state index >= 15 is 0 Å². The lowest BCUT2D eigenvalue weighted by Crippen LogP contribution is -2.11.